The van der Waals surface area contributed by atoms with Gasteiger partial charge < -0.3 is 14.8 Å². The van der Waals surface area contributed by atoms with E-state index in [9.17, 15) is 9.59 Å². The fourth-order valence-electron chi connectivity index (χ4n) is 5.22. The number of thiazole rings is 1. The second kappa shape index (κ2) is 13.2. The number of para-hydroxylation sites is 1. The van der Waals surface area contributed by atoms with E-state index in [1.807, 2.05) is 98.8 Å². The van der Waals surface area contributed by atoms with E-state index in [1.165, 1.54) is 16.9 Å². The molecule has 0 bridgehead atoms. The second-order valence-corrected chi connectivity index (χ2v) is 11.8. The Bertz CT molecular complexity index is 2030. The number of hydrogen-bond acceptors (Lipinski definition) is 6. The molecule has 0 unspecified atom stereocenters. The molecule has 0 aliphatic carbocycles. The molecule has 0 spiro atoms. The van der Waals surface area contributed by atoms with Crippen LogP contribution in [-0.4, -0.2) is 17.1 Å². The quantitative estimate of drug-likeness (QED) is 0.215. The zero-order chi connectivity index (χ0) is 31.3. The number of allylic oxidation sites excluding steroid dienone is 1. The molecule has 0 radical (unpaired) electrons. The Kier molecular flexibility index (Phi) is 8.75. The van der Waals surface area contributed by atoms with Crippen LogP contribution in [0.25, 0.3) is 6.08 Å². The molecule has 45 heavy (non-hydrogen) atoms. The van der Waals surface area contributed by atoms with Crippen molar-refractivity contribution in [2.75, 3.05) is 11.9 Å². The minimum Gasteiger partial charge on any atom is -0.494 e. The Morgan fingerprint density at radius 2 is 1.56 bits per heavy atom. The Morgan fingerprint density at radius 1 is 0.889 bits per heavy atom. The molecule has 1 aromatic heterocycles. The number of nitrogens with zero attached hydrogens (tertiary/aromatic N) is 2. The van der Waals surface area contributed by atoms with E-state index in [4.69, 9.17) is 14.5 Å². The maximum atomic E-state index is 14.0. The maximum Gasteiger partial charge on any atom is 0.271 e. The standard InChI is InChI=1S/C37H33N3O4S/c1-4-43-30-20-16-28(17-21-30)34-33(35(41)39-29-8-6-5-7-9-29)25(3)38-37-40(34)36(42)32(45-37)22-26-14-18-31(19-15-26)44-23-27-12-10-24(2)11-13-27/h5-22,34H,4,23H2,1-3H3,(H,39,41)/b32-22-/t34-/m1/s1. The van der Waals surface area contributed by atoms with Crippen molar-refractivity contribution in [3.63, 3.8) is 0 Å². The highest BCUT2D eigenvalue weighted by Crippen LogP contribution is 2.32. The number of nitrogens with one attached hydrogen (secondary N) is 1. The predicted molar refractivity (Wildman–Crippen MR) is 178 cm³/mol. The van der Waals surface area contributed by atoms with E-state index in [2.05, 4.69) is 36.5 Å². The van der Waals surface area contributed by atoms with Crippen LogP contribution < -0.4 is 29.7 Å². The summed E-state index contributed by atoms with van der Waals surface area (Å²) in [6.45, 7) is 6.81. The molecule has 4 aromatic carbocycles. The number of rotatable bonds is 9. The summed E-state index contributed by atoms with van der Waals surface area (Å²) >= 11 is 1.31. The first-order valence-electron chi connectivity index (χ1n) is 14.8. The number of carbonyl (C=O) groups excluding carboxylic acids is 1. The minimum atomic E-state index is -0.666. The van der Waals surface area contributed by atoms with Gasteiger partial charge >= 0.3 is 0 Å². The van der Waals surface area contributed by atoms with Crippen molar-refractivity contribution in [1.82, 2.24) is 4.57 Å². The van der Waals surface area contributed by atoms with Crippen LogP contribution in [0.15, 0.2) is 124 Å². The van der Waals surface area contributed by atoms with E-state index in [0.717, 1.165) is 28.2 Å². The number of benzene rings is 4. The summed E-state index contributed by atoms with van der Waals surface area (Å²) in [5, 5.41) is 2.99. The first-order chi connectivity index (χ1) is 21.9. The third-order valence-corrected chi connectivity index (χ3v) is 8.49. The van der Waals surface area contributed by atoms with Gasteiger partial charge in [0.2, 0.25) is 0 Å². The molecule has 1 atom stereocenters. The van der Waals surface area contributed by atoms with Crippen LogP contribution in [0, 0.1) is 6.92 Å². The van der Waals surface area contributed by atoms with Crippen LogP contribution in [0.4, 0.5) is 5.69 Å². The summed E-state index contributed by atoms with van der Waals surface area (Å²) < 4.78 is 13.8. The number of hydrogen-bond donors (Lipinski definition) is 1. The number of aromatic nitrogens is 1. The molecular weight excluding hydrogens is 582 g/mol. The molecule has 1 aliphatic rings. The number of anilines is 1. The zero-order valence-electron chi connectivity index (χ0n) is 25.3. The number of aryl methyl sites for hydroxylation is 1. The lowest BCUT2D eigenvalue weighted by Gasteiger charge is -2.25. The van der Waals surface area contributed by atoms with Crippen molar-refractivity contribution in [2.45, 2.75) is 33.4 Å². The van der Waals surface area contributed by atoms with E-state index < -0.39 is 6.04 Å². The molecule has 226 valence electrons. The predicted octanol–water partition coefficient (Wildman–Crippen LogP) is 6.16. The van der Waals surface area contributed by atoms with Crippen molar-refractivity contribution in [3.8, 4) is 11.5 Å². The highest BCUT2D eigenvalue weighted by Gasteiger charge is 2.32. The van der Waals surface area contributed by atoms with Gasteiger partial charge in [-0.3, -0.25) is 14.2 Å². The maximum absolute atomic E-state index is 14.0. The molecule has 6 rings (SSSR count). The minimum absolute atomic E-state index is 0.213. The molecule has 1 N–H and O–H groups in total. The molecule has 1 aliphatic heterocycles. The van der Waals surface area contributed by atoms with E-state index in [1.54, 1.807) is 4.57 Å². The smallest absolute Gasteiger partial charge is 0.271 e. The molecule has 7 nitrogen and oxygen atoms in total. The van der Waals surface area contributed by atoms with Crippen molar-refractivity contribution in [1.29, 1.82) is 0 Å². The van der Waals surface area contributed by atoms with E-state index in [-0.39, 0.29) is 11.5 Å². The van der Waals surface area contributed by atoms with Gasteiger partial charge in [-0.15, -0.1) is 0 Å². The van der Waals surface area contributed by atoms with Gasteiger partial charge in [-0.05, 0) is 79.9 Å². The Balaban J connectivity index is 1.34. The van der Waals surface area contributed by atoms with Crippen LogP contribution in [0.3, 0.4) is 0 Å². The average molecular weight is 616 g/mol. The third-order valence-electron chi connectivity index (χ3n) is 7.51. The molecule has 0 saturated heterocycles. The number of fused-ring (bicyclic) bond motifs is 1. The van der Waals surface area contributed by atoms with Crippen LogP contribution >= 0.6 is 11.3 Å². The topological polar surface area (TPSA) is 81.9 Å². The van der Waals surface area contributed by atoms with Crippen molar-refractivity contribution in [3.05, 3.63) is 156 Å². The van der Waals surface area contributed by atoms with Gasteiger partial charge in [-0.1, -0.05) is 83.6 Å². The summed E-state index contributed by atoms with van der Waals surface area (Å²) in [5.74, 6) is 1.15. The molecule has 5 aromatic rings. The number of ether oxygens (including phenoxy) is 2. The lowest BCUT2D eigenvalue weighted by molar-refractivity contribution is -0.113. The Hall–Kier alpha value is -5.21. The molecule has 1 amide bonds. The van der Waals surface area contributed by atoms with Crippen LogP contribution in [0.2, 0.25) is 0 Å². The van der Waals surface area contributed by atoms with Gasteiger partial charge in [0.1, 0.15) is 18.1 Å². The summed E-state index contributed by atoms with van der Waals surface area (Å²) in [5.41, 5.74) is 5.38. The van der Waals surface area contributed by atoms with Crippen LogP contribution in [-0.2, 0) is 11.4 Å². The Morgan fingerprint density at radius 3 is 2.24 bits per heavy atom. The van der Waals surface area contributed by atoms with E-state index >= 15 is 0 Å². The summed E-state index contributed by atoms with van der Waals surface area (Å²) in [6, 6.07) is 32.0. The van der Waals surface area contributed by atoms with Crippen molar-refractivity contribution in [2.24, 2.45) is 4.99 Å². The average Bonchev–Trinajstić information content (AvgIpc) is 3.35. The summed E-state index contributed by atoms with van der Waals surface area (Å²) in [7, 11) is 0. The largest absolute Gasteiger partial charge is 0.494 e. The third kappa shape index (κ3) is 6.66. The number of amides is 1. The summed E-state index contributed by atoms with van der Waals surface area (Å²) in [6.07, 6.45) is 1.85. The highest BCUT2D eigenvalue weighted by molar-refractivity contribution is 7.07. The first-order valence-corrected chi connectivity index (χ1v) is 15.6. The van der Waals surface area contributed by atoms with Gasteiger partial charge in [0.15, 0.2) is 4.80 Å². The lowest BCUT2D eigenvalue weighted by Crippen LogP contribution is -2.40. The normalized spacial score (nSPS) is 14.5. The second-order valence-electron chi connectivity index (χ2n) is 10.7. The van der Waals surface area contributed by atoms with Gasteiger partial charge in [0.25, 0.3) is 11.5 Å². The highest BCUT2D eigenvalue weighted by atomic mass is 32.1. The molecule has 0 fully saturated rings. The van der Waals surface area contributed by atoms with E-state index in [0.29, 0.717) is 39.5 Å². The number of carbonyl (C=O) groups is 1. The molecule has 8 heteroatoms. The van der Waals surface area contributed by atoms with Crippen molar-refractivity contribution < 1.29 is 14.3 Å². The van der Waals surface area contributed by atoms with Crippen LogP contribution in [0.1, 0.15) is 42.1 Å². The zero-order valence-corrected chi connectivity index (χ0v) is 26.1. The molecule has 0 saturated carbocycles. The Labute approximate surface area is 265 Å². The van der Waals surface area contributed by atoms with Gasteiger partial charge in [-0.25, -0.2) is 4.99 Å². The fourth-order valence-corrected chi connectivity index (χ4v) is 6.27. The van der Waals surface area contributed by atoms with Gasteiger partial charge in [0.05, 0.1) is 28.5 Å². The van der Waals surface area contributed by atoms with Crippen LogP contribution in [0.5, 0.6) is 11.5 Å². The first kappa shape index (κ1) is 29.8. The fraction of sp³-hybridized carbons (Fsp3) is 0.162. The molecule has 2 heterocycles. The van der Waals surface area contributed by atoms with Crippen molar-refractivity contribution >= 4 is 29.0 Å². The SMILES string of the molecule is CCOc1ccc([C@@H]2C(C(=O)Nc3ccccc3)=C(C)N=c3s/c(=C\c4ccc(OCc5ccc(C)cc5)cc4)c(=O)n32)cc1. The van der Waals surface area contributed by atoms with Gasteiger partial charge in [-0.2, -0.15) is 0 Å². The summed E-state index contributed by atoms with van der Waals surface area (Å²) in [4.78, 5) is 33.1. The van der Waals surface area contributed by atoms with Gasteiger partial charge in [0, 0.05) is 5.69 Å². The molecular formula is C37H33N3O4S. The monoisotopic (exact) mass is 615 g/mol. The lowest BCUT2D eigenvalue weighted by atomic mass is 9.95.